The van der Waals surface area contributed by atoms with Crippen LogP contribution in [0.4, 0.5) is 0 Å². The molecule has 2 heterocycles. The number of hydrogen-bond donors (Lipinski definition) is 1. The number of rotatable bonds is 8. The summed E-state index contributed by atoms with van der Waals surface area (Å²) in [6, 6.07) is 13.7. The second-order valence-electron chi connectivity index (χ2n) is 9.14. The number of hydrogen-bond acceptors (Lipinski definition) is 6. The predicted octanol–water partition coefficient (Wildman–Crippen LogP) is 4.47. The first-order chi connectivity index (χ1) is 16.3. The van der Waals surface area contributed by atoms with Crippen molar-refractivity contribution in [1.29, 1.82) is 0 Å². The van der Waals surface area contributed by atoms with Gasteiger partial charge in [0.2, 0.25) is 10.0 Å². The molecule has 0 radical (unpaired) electrons. The summed E-state index contributed by atoms with van der Waals surface area (Å²) >= 11 is 0. The van der Waals surface area contributed by atoms with Crippen LogP contribution in [-0.2, 0) is 16.6 Å². The Morgan fingerprint density at radius 2 is 1.79 bits per heavy atom. The molecular weight excluding hydrogens is 450 g/mol. The minimum atomic E-state index is -3.76. The minimum Gasteiger partial charge on any atom is -0.495 e. The average molecular weight is 484 g/mol. The van der Waals surface area contributed by atoms with Crippen LogP contribution in [0.1, 0.15) is 35.2 Å². The van der Waals surface area contributed by atoms with Gasteiger partial charge in [-0.1, -0.05) is 35.0 Å². The van der Waals surface area contributed by atoms with E-state index >= 15 is 0 Å². The summed E-state index contributed by atoms with van der Waals surface area (Å²) in [5, 5.41) is 3.99. The van der Waals surface area contributed by atoms with Gasteiger partial charge in [-0.2, -0.15) is 0 Å². The van der Waals surface area contributed by atoms with Crippen molar-refractivity contribution < 1.29 is 17.7 Å². The standard InChI is InChI=1S/C26H33N3O4S/c1-18-5-7-22(8-6-18)17-29-13-11-21(12-14-29)16-27-34(30,31)25-15-23(9-10-24(25)32-4)26-19(2)20(3)28-33-26/h5-10,15,21,27H,11-14,16-17H2,1-4H3. The van der Waals surface area contributed by atoms with Gasteiger partial charge in [0.05, 0.1) is 12.8 Å². The van der Waals surface area contributed by atoms with Gasteiger partial charge >= 0.3 is 0 Å². The molecular formula is C26H33N3O4S. The lowest BCUT2D eigenvalue weighted by Gasteiger charge is -2.32. The maximum atomic E-state index is 13.2. The molecule has 0 atom stereocenters. The van der Waals surface area contributed by atoms with Gasteiger partial charge in [0, 0.05) is 24.2 Å². The Labute approximate surface area is 202 Å². The van der Waals surface area contributed by atoms with Crippen molar-refractivity contribution in [2.75, 3.05) is 26.7 Å². The van der Waals surface area contributed by atoms with E-state index in [1.54, 1.807) is 18.2 Å². The SMILES string of the molecule is COc1ccc(-c2onc(C)c2C)cc1S(=O)(=O)NCC1CCN(Cc2ccc(C)cc2)CC1. The van der Waals surface area contributed by atoms with Crippen molar-refractivity contribution >= 4 is 10.0 Å². The van der Waals surface area contributed by atoms with E-state index in [2.05, 4.69) is 46.0 Å². The smallest absolute Gasteiger partial charge is 0.244 e. The Balaban J connectivity index is 1.39. The van der Waals surface area contributed by atoms with E-state index in [9.17, 15) is 8.42 Å². The van der Waals surface area contributed by atoms with Crippen molar-refractivity contribution in [1.82, 2.24) is 14.8 Å². The molecule has 1 saturated heterocycles. The number of sulfonamides is 1. The lowest BCUT2D eigenvalue weighted by atomic mass is 9.97. The first-order valence-corrected chi connectivity index (χ1v) is 13.1. The quantitative estimate of drug-likeness (QED) is 0.509. The van der Waals surface area contributed by atoms with Gasteiger partial charge in [-0.3, -0.25) is 4.90 Å². The molecule has 1 aliphatic heterocycles. The summed E-state index contributed by atoms with van der Waals surface area (Å²) in [6.45, 7) is 9.13. The van der Waals surface area contributed by atoms with Crippen molar-refractivity contribution in [2.24, 2.45) is 5.92 Å². The number of ether oxygens (including phenoxy) is 1. The molecule has 1 aliphatic rings. The molecule has 182 valence electrons. The van der Waals surface area contributed by atoms with E-state index in [-0.39, 0.29) is 4.90 Å². The fourth-order valence-electron chi connectivity index (χ4n) is 4.32. The van der Waals surface area contributed by atoms with Gasteiger partial charge in [-0.15, -0.1) is 0 Å². The molecule has 1 fully saturated rings. The van der Waals surface area contributed by atoms with E-state index < -0.39 is 10.0 Å². The summed E-state index contributed by atoms with van der Waals surface area (Å²) in [7, 11) is -2.28. The number of aryl methyl sites for hydroxylation is 2. The van der Waals surface area contributed by atoms with Crippen LogP contribution in [0.2, 0.25) is 0 Å². The second-order valence-corrected chi connectivity index (χ2v) is 10.9. The summed E-state index contributed by atoms with van der Waals surface area (Å²) in [5.74, 6) is 1.17. The van der Waals surface area contributed by atoms with Crippen molar-refractivity contribution in [3.63, 3.8) is 0 Å². The lowest BCUT2D eigenvalue weighted by Crippen LogP contribution is -2.38. The van der Waals surface area contributed by atoms with E-state index in [0.29, 0.717) is 29.5 Å². The predicted molar refractivity (Wildman–Crippen MR) is 132 cm³/mol. The van der Waals surface area contributed by atoms with Crippen LogP contribution in [0, 0.1) is 26.7 Å². The Morgan fingerprint density at radius 1 is 1.09 bits per heavy atom. The van der Waals surface area contributed by atoms with Crippen LogP contribution in [-0.4, -0.2) is 45.2 Å². The first-order valence-electron chi connectivity index (χ1n) is 11.7. The molecule has 8 heteroatoms. The minimum absolute atomic E-state index is 0.109. The number of aromatic nitrogens is 1. The Hall–Kier alpha value is -2.68. The highest BCUT2D eigenvalue weighted by Crippen LogP contribution is 2.32. The number of methoxy groups -OCH3 is 1. The normalized spacial score (nSPS) is 15.5. The fourth-order valence-corrected chi connectivity index (χ4v) is 5.63. The first kappa shape index (κ1) is 24.4. The largest absolute Gasteiger partial charge is 0.495 e. The fraction of sp³-hybridized carbons (Fsp3) is 0.423. The van der Waals surface area contributed by atoms with Gasteiger partial charge in [0.1, 0.15) is 10.6 Å². The van der Waals surface area contributed by atoms with Crippen molar-refractivity contribution in [2.45, 2.75) is 45.1 Å². The third kappa shape index (κ3) is 5.51. The number of piperidine rings is 1. The molecule has 0 bridgehead atoms. The van der Waals surface area contributed by atoms with Gasteiger partial charge in [0.25, 0.3) is 0 Å². The topological polar surface area (TPSA) is 84.7 Å². The highest BCUT2D eigenvalue weighted by atomic mass is 32.2. The third-order valence-electron chi connectivity index (χ3n) is 6.67. The van der Waals surface area contributed by atoms with Crippen LogP contribution >= 0.6 is 0 Å². The van der Waals surface area contributed by atoms with Crippen molar-refractivity contribution in [3.05, 3.63) is 64.8 Å². The molecule has 0 amide bonds. The van der Waals surface area contributed by atoms with Crippen molar-refractivity contribution in [3.8, 4) is 17.1 Å². The molecule has 1 N–H and O–H groups in total. The maximum absolute atomic E-state index is 13.2. The molecule has 0 saturated carbocycles. The van der Waals surface area contributed by atoms with E-state index in [0.717, 1.165) is 43.7 Å². The average Bonchev–Trinajstić information content (AvgIpc) is 3.18. The molecule has 0 unspecified atom stereocenters. The molecule has 3 aromatic rings. The third-order valence-corrected chi connectivity index (χ3v) is 8.11. The lowest BCUT2D eigenvalue weighted by molar-refractivity contribution is 0.178. The van der Waals surface area contributed by atoms with E-state index in [4.69, 9.17) is 9.26 Å². The number of benzene rings is 2. The van der Waals surface area contributed by atoms with Gasteiger partial charge in [-0.05, 0) is 76.4 Å². The Bertz CT molecular complexity index is 1230. The van der Waals surface area contributed by atoms with E-state index in [1.807, 2.05) is 13.8 Å². The molecule has 7 nitrogen and oxygen atoms in total. The highest BCUT2D eigenvalue weighted by molar-refractivity contribution is 7.89. The van der Waals surface area contributed by atoms with Crippen LogP contribution < -0.4 is 9.46 Å². The highest BCUT2D eigenvalue weighted by Gasteiger charge is 2.25. The van der Waals surface area contributed by atoms with Crippen LogP contribution in [0.3, 0.4) is 0 Å². The van der Waals surface area contributed by atoms with Gasteiger partial charge in [0.15, 0.2) is 5.76 Å². The maximum Gasteiger partial charge on any atom is 0.244 e. The van der Waals surface area contributed by atoms with Crippen LogP contribution in [0.15, 0.2) is 51.9 Å². The molecule has 2 aromatic carbocycles. The Kier molecular flexibility index (Phi) is 7.40. The number of nitrogens with one attached hydrogen (secondary N) is 1. The summed E-state index contributed by atoms with van der Waals surface area (Å²) in [5.41, 5.74) is 4.90. The zero-order valence-corrected chi connectivity index (χ0v) is 21.1. The van der Waals surface area contributed by atoms with Crippen LogP contribution in [0.25, 0.3) is 11.3 Å². The molecule has 0 spiro atoms. The number of nitrogens with zero attached hydrogens (tertiary/aromatic N) is 2. The molecule has 4 rings (SSSR count). The van der Waals surface area contributed by atoms with E-state index in [1.165, 1.54) is 18.2 Å². The Morgan fingerprint density at radius 3 is 2.41 bits per heavy atom. The van der Waals surface area contributed by atoms with Gasteiger partial charge in [-0.25, -0.2) is 13.1 Å². The summed E-state index contributed by atoms with van der Waals surface area (Å²) in [4.78, 5) is 2.54. The molecule has 0 aliphatic carbocycles. The molecule has 1 aromatic heterocycles. The van der Waals surface area contributed by atoms with Gasteiger partial charge < -0.3 is 9.26 Å². The summed E-state index contributed by atoms with van der Waals surface area (Å²) in [6.07, 6.45) is 1.92. The number of likely N-dealkylation sites (tertiary alicyclic amines) is 1. The zero-order chi connectivity index (χ0) is 24.3. The monoisotopic (exact) mass is 483 g/mol. The second kappa shape index (κ2) is 10.3. The molecule has 34 heavy (non-hydrogen) atoms. The zero-order valence-electron chi connectivity index (χ0n) is 20.3. The van der Waals surface area contributed by atoms with Crippen LogP contribution in [0.5, 0.6) is 5.75 Å². The summed E-state index contributed by atoms with van der Waals surface area (Å²) < 4.78 is 40.0.